The molecular weight excluding hydrogens is 294 g/mol. The van der Waals surface area contributed by atoms with Crippen molar-refractivity contribution >= 4 is 11.6 Å². The number of nitrogens with zero attached hydrogens (tertiary/aromatic N) is 2. The van der Waals surface area contributed by atoms with Gasteiger partial charge in [0.2, 0.25) is 11.7 Å². The number of halogens is 1. The van der Waals surface area contributed by atoms with Gasteiger partial charge in [-0.05, 0) is 6.07 Å². The molecule has 2 N–H and O–H groups in total. The molecule has 0 radical (unpaired) electrons. The Morgan fingerprint density at radius 3 is 2.71 bits per heavy atom. The lowest BCUT2D eigenvalue weighted by Gasteiger charge is -2.13. The third-order valence-corrected chi connectivity index (χ3v) is 3.08. The van der Waals surface area contributed by atoms with Crippen LogP contribution in [-0.4, -0.2) is 17.3 Å². The highest BCUT2D eigenvalue weighted by Crippen LogP contribution is 2.35. The van der Waals surface area contributed by atoms with Gasteiger partial charge in [-0.3, -0.25) is 0 Å². The molecule has 21 heavy (non-hydrogen) atoms. The van der Waals surface area contributed by atoms with E-state index < -0.39 is 0 Å². The summed E-state index contributed by atoms with van der Waals surface area (Å²) in [6.45, 7) is 4.41. The van der Waals surface area contributed by atoms with Gasteiger partial charge in [-0.2, -0.15) is 4.98 Å². The minimum Gasteiger partial charge on any atom is -0.493 e. The van der Waals surface area contributed by atoms with Crippen LogP contribution < -0.4 is 15.2 Å². The van der Waals surface area contributed by atoms with Crippen LogP contribution in [0.25, 0.3) is 0 Å². The van der Waals surface area contributed by atoms with Gasteiger partial charge >= 0.3 is 0 Å². The van der Waals surface area contributed by atoms with Gasteiger partial charge in [-0.1, -0.05) is 30.6 Å². The van der Waals surface area contributed by atoms with Crippen molar-refractivity contribution in [3.8, 4) is 11.5 Å². The molecule has 1 heterocycles. The zero-order valence-electron chi connectivity index (χ0n) is 12.2. The van der Waals surface area contributed by atoms with Crippen LogP contribution in [0.1, 0.15) is 37.0 Å². The Morgan fingerprint density at radius 2 is 2.14 bits per heavy atom. The van der Waals surface area contributed by atoms with Crippen molar-refractivity contribution < 1.29 is 14.0 Å². The lowest BCUT2D eigenvalue weighted by molar-refractivity contribution is 0.266. The summed E-state index contributed by atoms with van der Waals surface area (Å²) >= 11 is 6.00. The second kappa shape index (κ2) is 6.78. The van der Waals surface area contributed by atoms with Crippen LogP contribution in [0.3, 0.4) is 0 Å². The van der Waals surface area contributed by atoms with E-state index in [9.17, 15) is 0 Å². The van der Waals surface area contributed by atoms with Gasteiger partial charge in [0.05, 0.1) is 7.11 Å². The molecule has 0 saturated carbocycles. The summed E-state index contributed by atoms with van der Waals surface area (Å²) in [7, 11) is 1.55. The molecule has 0 atom stereocenters. The molecule has 0 amide bonds. The van der Waals surface area contributed by atoms with Crippen LogP contribution in [0, 0.1) is 0 Å². The molecule has 0 bridgehead atoms. The SMILES string of the molecule is COc1cc(Cl)cc(CN)c1OCc1noc(C(C)C)n1. The van der Waals surface area contributed by atoms with Gasteiger partial charge in [-0.25, -0.2) is 0 Å². The maximum Gasteiger partial charge on any atom is 0.229 e. The molecule has 2 rings (SSSR count). The molecule has 0 saturated heterocycles. The number of methoxy groups -OCH3 is 1. The van der Waals surface area contributed by atoms with Gasteiger partial charge in [0.15, 0.2) is 18.1 Å². The molecule has 0 spiro atoms. The second-order valence-electron chi connectivity index (χ2n) is 4.79. The average Bonchev–Trinajstić information content (AvgIpc) is 2.94. The standard InChI is InChI=1S/C14H18ClN3O3/c1-8(2)14-17-12(18-21-14)7-20-13-9(6-16)4-10(15)5-11(13)19-3/h4-5,8H,6-7,16H2,1-3H3. The van der Waals surface area contributed by atoms with Crippen LogP contribution in [0.4, 0.5) is 0 Å². The molecule has 114 valence electrons. The van der Waals surface area contributed by atoms with E-state index in [1.165, 1.54) is 0 Å². The molecule has 0 unspecified atom stereocenters. The normalized spacial score (nSPS) is 11.0. The van der Waals surface area contributed by atoms with Crippen molar-refractivity contribution in [2.75, 3.05) is 7.11 Å². The largest absolute Gasteiger partial charge is 0.493 e. The summed E-state index contributed by atoms with van der Waals surface area (Å²) in [6, 6.07) is 3.42. The lowest BCUT2D eigenvalue weighted by atomic mass is 10.2. The van der Waals surface area contributed by atoms with Crippen molar-refractivity contribution in [2.45, 2.75) is 32.9 Å². The van der Waals surface area contributed by atoms with Crippen LogP contribution in [0.2, 0.25) is 5.02 Å². The summed E-state index contributed by atoms with van der Waals surface area (Å²) in [5, 5.41) is 4.41. The van der Waals surface area contributed by atoms with E-state index in [-0.39, 0.29) is 19.1 Å². The number of aromatic nitrogens is 2. The van der Waals surface area contributed by atoms with Gasteiger partial charge in [-0.15, -0.1) is 0 Å². The van der Waals surface area contributed by atoms with E-state index in [1.807, 2.05) is 13.8 Å². The Hall–Kier alpha value is -1.79. The van der Waals surface area contributed by atoms with E-state index in [0.29, 0.717) is 28.2 Å². The fourth-order valence-corrected chi connectivity index (χ4v) is 2.02. The van der Waals surface area contributed by atoms with E-state index >= 15 is 0 Å². The molecular formula is C14H18ClN3O3. The zero-order valence-corrected chi connectivity index (χ0v) is 13.0. The topological polar surface area (TPSA) is 83.4 Å². The number of rotatable bonds is 6. The van der Waals surface area contributed by atoms with Crippen LogP contribution in [0.15, 0.2) is 16.7 Å². The van der Waals surface area contributed by atoms with Crippen molar-refractivity contribution in [3.05, 3.63) is 34.4 Å². The van der Waals surface area contributed by atoms with Crippen molar-refractivity contribution in [1.82, 2.24) is 10.1 Å². The third-order valence-electron chi connectivity index (χ3n) is 2.86. The smallest absolute Gasteiger partial charge is 0.229 e. The maximum absolute atomic E-state index is 6.00. The van der Waals surface area contributed by atoms with E-state index in [0.717, 1.165) is 5.56 Å². The fourth-order valence-electron chi connectivity index (χ4n) is 1.79. The molecule has 7 heteroatoms. The first-order chi connectivity index (χ1) is 10.0. The Morgan fingerprint density at radius 1 is 1.38 bits per heavy atom. The van der Waals surface area contributed by atoms with Crippen molar-refractivity contribution in [3.63, 3.8) is 0 Å². The highest BCUT2D eigenvalue weighted by atomic mass is 35.5. The predicted molar refractivity (Wildman–Crippen MR) is 78.6 cm³/mol. The van der Waals surface area contributed by atoms with Gasteiger partial charge in [0.1, 0.15) is 0 Å². The van der Waals surface area contributed by atoms with E-state index in [4.69, 9.17) is 31.3 Å². The number of hydrogen-bond donors (Lipinski definition) is 1. The predicted octanol–water partition coefficient (Wildman–Crippen LogP) is 2.89. The summed E-state index contributed by atoms with van der Waals surface area (Å²) in [4.78, 5) is 4.25. The molecule has 1 aromatic carbocycles. The molecule has 0 aliphatic heterocycles. The summed E-state index contributed by atoms with van der Waals surface area (Å²) in [5.41, 5.74) is 6.47. The quantitative estimate of drug-likeness (QED) is 0.883. The first kappa shape index (κ1) is 15.6. The highest BCUT2D eigenvalue weighted by molar-refractivity contribution is 6.30. The first-order valence-electron chi connectivity index (χ1n) is 6.57. The molecule has 2 aromatic rings. The van der Waals surface area contributed by atoms with Crippen molar-refractivity contribution in [2.24, 2.45) is 5.73 Å². The fraction of sp³-hybridized carbons (Fsp3) is 0.429. The van der Waals surface area contributed by atoms with Crippen LogP contribution in [-0.2, 0) is 13.2 Å². The monoisotopic (exact) mass is 311 g/mol. The summed E-state index contributed by atoms with van der Waals surface area (Å²) < 4.78 is 16.1. The number of benzene rings is 1. The number of ether oxygens (including phenoxy) is 2. The van der Waals surface area contributed by atoms with Crippen molar-refractivity contribution in [1.29, 1.82) is 0 Å². The van der Waals surface area contributed by atoms with Crippen LogP contribution in [0.5, 0.6) is 11.5 Å². The van der Waals surface area contributed by atoms with Gasteiger partial charge in [0, 0.05) is 29.1 Å². The third kappa shape index (κ3) is 3.65. The van der Waals surface area contributed by atoms with E-state index in [1.54, 1.807) is 19.2 Å². The summed E-state index contributed by atoms with van der Waals surface area (Å²) in [6.07, 6.45) is 0. The number of hydrogen-bond acceptors (Lipinski definition) is 6. The molecule has 0 aliphatic carbocycles. The molecule has 6 nitrogen and oxygen atoms in total. The van der Waals surface area contributed by atoms with Gasteiger partial charge < -0.3 is 19.7 Å². The first-order valence-corrected chi connectivity index (χ1v) is 6.94. The lowest BCUT2D eigenvalue weighted by Crippen LogP contribution is -2.05. The Labute approximate surface area is 128 Å². The maximum atomic E-state index is 6.00. The molecule has 0 aliphatic rings. The highest BCUT2D eigenvalue weighted by Gasteiger charge is 2.15. The minimum atomic E-state index is 0.168. The zero-order chi connectivity index (χ0) is 15.4. The van der Waals surface area contributed by atoms with Crippen LogP contribution >= 0.6 is 11.6 Å². The summed E-state index contributed by atoms with van der Waals surface area (Å²) in [5.74, 6) is 2.29. The Balaban J connectivity index is 2.18. The Bertz CT molecular complexity index is 588. The second-order valence-corrected chi connectivity index (χ2v) is 5.23. The van der Waals surface area contributed by atoms with E-state index in [2.05, 4.69) is 10.1 Å². The number of nitrogens with two attached hydrogens (primary N) is 1. The minimum absolute atomic E-state index is 0.168. The molecule has 1 aromatic heterocycles. The Kier molecular flexibility index (Phi) is 5.03. The van der Waals surface area contributed by atoms with Gasteiger partial charge in [0.25, 0.3) is 0 Å². The average molecular weight is 312 g/mol. The molecule has 0 fully saturated rings.